The Labute approximate surface area is 173 Å². The molecule has 27 heavy (non-hydrogen) atoms. The summed E-state index contributed by atoms with van der Waals surface area (Å²) in [6, 6.07) is 0. The van der Waals surface area contributed by atoms with Crippen LogP contribution < -0.4 is 0 Å². The van der Waals surface area contributed by atoms with Crippen LogP contribution in [0.5, 0.6) is 0 Å². The van der Waals surface area contributed by atoms with Crippen LogP contribution in [0.3, 0.4) is 0 Å². The molecule has 0 unspecified atom stereocenters. The summed E-state index contributed by atoms with van der Waals surface area (Å²) in [6.07, 6.45) is 30.9. The van der Waals surface area contributed by atoms with Crippen LogP contribution in [0.2, 0.25) is 0 Å². The minimum Gasteiger partial charge on any atom is -0.422 e. The first kappa shape index (κ1) is 21.9. The van der Waals surface area contributed by atoms with Crippen molar-refractivity contribution in [2.75, 3.05) is 0 Å². The summed E-state index contributed by atoms with van der Waals surface area (Å²) in [5.41, 5.74) is 0.262. The smallest absolute Gasteiger partial charge is 0.146 e. The maximum absolute atomic E-state index is 6.98. The molecule has 3 saturated carbocycles. The highest BCUT2D eigenvalue weighted by atomic mass is 28.2. The summed E-state index contributed by atoms with van der Waals surface area (Å²) < 4.78 is 6.98. The van der Waals surface area contributed by atoms with Crippen molar-refractivity contribution in [1.82, 2.24) is 0 Å². The summed E-state index contributed by atoms with van der Waals surface area (Å²) >= 11 is 0. The molecule has 2 heteroatoms. The van der Waals surface area contributed by atoms with Gasteiger partial charge in [0.05, 0.1) is 5.60 Å². The van der Waals surface area contributed by atoms with E-state index in [-0.39, 0.29) is 5.60 Å². The number of rotatable bonds is 4. The molecular weight excluding hydrogens is 344 g/mol. The SMILES string of the molecule is [SiH3]OC(C1CCCCCCC1)(C1CCCCCCC1)C1CCCCCCC1. The Morgan fingerprint density at radius 1 is 0.407 bits per heavy atom. The molecule has 0 heterocycles. The van der Waals surface area contributed by atoms with Gasteiger partial charge in [-0.1, -0.05) is 96.3 Å². The van der Waals surface area contributed by atoms with Crippen LogP contribution in [0.25, 0.3) is 0 Å². The van der Waals surface area contributed by atoms with Crippen LogP contribution in [0.15, 0.2) is 0 Å². The second-order valence-corrected chi connectivity index (χ2v) is 10.6. The van der Waals surface area contributed by atoms with E-state index < -0.39 is 0 Å². The van der Waals surface area contributed by atoms with Crippen molar-refractivity contribution in [3.05, 3.63) is 0 Å². The third kappa shape index (κ3) is 5.84. The van der Waals surface area contributed by atoms with E-state index in [0.29, 0.717) is 0 Å². The van der Waals surface area contributed by atoms with E-state index in [4.69, 9.17) is 4.43 Å². The Hall–Kier alpha value is 0.177. The predicted octanol–water partition coefficient (Wildman–Crippen LogP) is 7.10. The molecule has 3 rings (SSSR count). The Morgan fingerprint density at radius 3 is 0.852 bits per heavy atom. The summed E-state index contributed by atoms with van der Waals surface area (Å²) in [4.78, 5) is 0. The molecule has 0 N–H and O–H groups in total. The van der Waals surface area contributed by atoms with Crippen molar-refractivity contribution in [2.24, 2.45) is 17.8 Å². The molecule has 0 aliphatic heterocycles. The quantitative estimate of drug-likeness (QED) is 0.463. The van der Waals surface area contributed by atoms with Gasteiger partial charge < -0.3 is 4.43 Å². The molecule has 0 radical (unpaired) electrons. The van der Waals surface area contributed by atoms with Crippen LogP contribution in [0, 0.1) is 17.8 Å². The fraction of sp³-hybridized carbons (Fsp3) is 1.00. The Bertz CT molecular complexity index is 317. The van der Waals surface area contributed by atoms with Crippen molar-refractivity contribution in [2.45, 2.75) is 140 Å². The third-order valence-electron chi connectivity index (χ3n) is 8.58. The van der Waals surface area contributed by atoms with E-state index in [0.717, 1.165) is 28.2 Å². The molecule has 0 aromatic heterocycles. The zero-order valence-corrected chi connectivity index (χ0v) is 20.5. The molecule has 0 saturated heterocycles. The predicted molar refractivity (Wildman–Crippen MR) is 121 cm³/mol. The van der Waals surface area contributed by atoms with Gasteiger partial charge in [-0.25, -0.2) is 0 Å². The Morgan fingerprint density at radius 2 is 0.630 bits per heavy atom. The first-order valence-corrected chi connectivity index (χ1v) is 13.7. The van der Waals surface area contributed by atoms with Crippen molar-refractivity contribution in [3.63, 3.8) is 0 Å². The van der Waals surface area contributed by atoms with Gasteiger partial charge in [-0.05, 0) is 56.3 Å². The van der Waals surface area contributed by atoms with Gasteiger partial charge in [0.15, 0.2) is 0 Å². The topological polar surface area (TPSA) is 9.23 Å². The fourth-order valence-electron chi connectivity index (χ4n) is 7.22. The lowest BCUT2D eigenvalue weighted by atomic mass is 9.60. The van der Waals surface area contributed by atoms with Crippen LogP contribution in [-0.4, -0.2) is 16.1 Å². The first-order valence-electron chi connectivity index (χ1n) is 12.9. The molecule has 0 spiro atoms. The normalized spacial score (nSPS) is 27.1. The summed E-state index contributed by atoms with van der Waals surface area (Å²) in [5.74, 6) is 2.59. The highest BCUT2D eigenvalue weighted by Gasteiger charge is 2.49. The zero-order chi connectivity index (χ0) is 18.8. The van der Waals surface area contributed by atoms with Gasteiger partial charge in [0.25, 0.3) is 0 Å². The monoisotopic (exact) mass is 392 g/mol. The molecule has 158 valence electrons. The van der Waals surface area contributed by atoms with Gasteiger partial charge in [-0.3, -0.25) is 0 Å². The highest BCUT2D eigenvalue weighted by molar-refractivity contribution is 5.98. The highest BCUT2D eigenvalue weighted by Crippen LogP contribution is 2.50. The van der Waals surface area contributed by atoms with Gasteiger partial charge in [0, 0.05) is 0 Å². The number of hydrogen-bond acceptors (Lipinski definition) is 1. The Balaban J connectivity index is 1.87. The zero-order valence-electron chi connectivity index (χ0n) is 18.5. The van der Waals surface area contributed by atoms with Crippen molar-refractivity contribution in [1.29, 1.82) is 0 Å². The lowest BCUT2D eigenvalue weighted by Gasteiger charge is -2.53. The minimum absolute atomic E-state index is 0.262. The maximum Gasteiger partial charge on any atom is 0.146 e. The molecule has 0 bridgehead atoms. The van der Waals surface area contributed by atoms with Gasteiger partial charge in [-0.15, -0.1) is 0 Å². The Kier molecular flexibility index (Phi) is 9.73. The second kappa shape index (κ2) is 12.0. The van der Waals surface area contributed by atoms with Crippen molar-refractivity contribution < 1.29 is 4.43 Å². The van der Waals surface area contributed by atoms with E-state index in [1.165, 1.54) is 135 Å². The summed E-state index contributed by atoms with van der Waals surface area (Å²) in [5, 5.41) is 0. The van der Waals surface area contributed by atoms with E-state index in [9.17, 15) is 0 Å². The van der Waals surface area contributed by atoms with Crippen molar-refractivity contribution in [3.8, 4) is 0 Å². The van der Waals surface area contributed by atoms with Gasteiger partial charge in [0.1, 0.15) is 10.5 Å². The molecular formula is C25H48OSi. The van der Waals surface area contributed by atoms with Crippen LogP contribution >= 0.6 is 0 Å². The van der Waals surface area contributed by atoms with Crippen LogP contribution in [-0.2, 0) is 4.43 Å². The molecule has 0 aromatic carbocycles. The van der Waals surface area contributed by atoms with E-state index in [1.807, 2.05) is 0 Å². The standard InChI is InChI=1S/C25H48OSi/c27-26-25(22-16-10-4-1-5-11-17-22,23-18-12-6-2-7-13-19-23)24-20-14-8-3-9-15-21-24/h22-24H,1-21H2,27H3. The summed E-state index contributed by atoms with van der Waals surface area (Å²) in [7, 11) is 0.941. The minimum atomic E-state index is 0.262. The lowest BCUT2D eigenvalue weighted by Crippen LogP contribution is -2.54. The maximum atomic E-state index is 6.98. The molecule has 1 nitrogen and oxygen atoms in total. The average molecular weight is 393 g/mol. The summed E-state index contributed by atoms with van der Waals surface area (Å²) in [6.45, 7) is 0. The van der Waals surface area contributed by atoms with Gasteiger partial charge >= 0.3 is 0 Å². The molecule has 3 aliphatic carbocycles. The first-order chi connectivity index (χ1) is 13.4. The second-order valence-electron chi connectivity index (χ2n) is 10.2. The van der Waals surface area contributed by atoms with E-state index >= 15 is 0 Å². The lowest BCUT2D eigenvalue weighted by molar-refractivity contribution is -0.110. The molecule has 3 fully saturated rings. The van der Waals surface area contributed by atoms with Crippen LogP contribution in [0.1, 0.15) is 135 Å². The van der Waals surface area contributed by atoms with Crippen LogP contribution in [0.4, 0.5) is 0 Å². The van der Waals surface area contributed by atoms with E-state index in [2.05, 4.69) is 0 Å². The van der Waals surface area contributed by atoms with Gasteiger partial charge in [0.2, 0.25) is 0 Å². The average Bonchev–Trinajstić information content (AvgIpc) is 2.58. The third-order valence-corrected chi connectivity index (χ3v) is 9.29. The fourth-order valence-corrected chi connectivity index (χ4v) is 8.22. The largest absolute Gasteiger partial charge is 0.422 e. The molecule has 0 aromatic rings. The molecule has 0 atom stereocenters. The molecule has 3 aliphatic rings. The van der Waals surface area contributed by atoms with Crippen molar-refractivity contribution >= 4 is 10.5 Å². The molecule has 0 amide bonds. The van der Waals surface area contributed by atoms with E-state index in [1.54, 1.807) is 0 Å². The van der Waals surface area contributed by atoms with Gasteiger partial charge in [-0.2, -0.15) is 0 Å². The number of hydrogen-bond donors (Lipinski definition) is 0.